The fourth-order valence-electron chi connectivity index (χ4n) is 2.84. The topological polar surface area (TPSA) is 171 Å². The molecule has 0 spiro atoms. The average Bonchev–Trinajstić information content (AvgIpc) is 3.15. The van der Waals surface area contributed by atoms with Gasteiger partial charge in [-0.2, -0.15) is 39.5 Å². The Morgan fingerprint density at radius 3 is 1.82 bits per heavy atom. The molecule has 2 aromatic heterocycles. The molecule has 2 aromatic rings. The first-order valence-electron chi connectivity index (χ1n) is 12.2. The SMILES string of the molecule is CN(C)CCOCc1nnn2c1CN(Cc1ccccn1)CCC2.O=C(O)C(F)(F)F.O=C(O)C(F)(F)F.O=C(O)C(F)(F)F. The molecule has 0 bridgehead atoms. The molecule has 0 unspecified atom stereocenters. The van der Waals surface area contributed by atoms with E-state index in [1.54, 1.807) is 0 Å². The van der Waals surface area contributed by atoms with Crippen molar-refractivity contribution in [2.45, 2.75) is 51.2 Å². The number of pyridine rings is 1. The van der Waals surface area contributed by atoms with E-state index in [1.165, 1.54) is 5.69 Å². The van der Waals surface area contributed by atoms with E-state index in [2.05, 4.69) is 31.2 Å². The number of aromatic nitrogens is 4. The number of hydrogen-bond acceptors (Lipinski definition) is 9. The normalized spacial score (nSPS) is 13.5. The molecule has 256 valence electrons. The number of rotatable bonds is 7. The van der Waals surface area contributed by atoms with E-state index in [1.807, 2.05) is 37.1 Å². The molecule has 1 aliphatic heterocycles. The maximum atomic E-state index is 10.6. The highest BCUT2D eigenvalue weighted by Crippen LogP contribution is 2.17. The molecule has 45 heavy (non-hydrogen) atoms. The lowest BCUT2D eigenvalue weighted by Gasteiger charge is -2.19. The number of fused-ring (bicyclic) bond motifs is 1. The predicted octanol–water partition coefficient (Wildman–Crippen LogP) is 3.06. The summed E-state index contributed by atoms with van der Waals surface area (Å²) in [6, 6.07) is 6.07. The second-order valence-electron chi connectivity index (χ2n) is 8.86. The van der Waals surface area contributed by atoms with Crippen molar-refractivity contribution < 1.29 is 74.0 Å². The summed E-state index contributed by atoms with van der Waals surface area (Å²) in [5.41, 5.74) is 3.23. The first-order chi connectivity index (χ1) is 20.6. The van der Waals surface area contributed by atoms with Crippen molar-refractivity contribution in [3.05, 3.63) is 41.5 Å². The van der Waals surface area contributed by atoms with Crippen LogP contribution in [0.15, 0.2) is 24.4 Å². The molecule has 0 aliphatic carbocycles. The van der Waals surface area contributed by atoms with Crippen LogP contribution in [0.1, 0.15) is 23.5 Å². The number of carbonyl (C=O) groups is 3. The number of halogens is 9. The van der Waals surface area contributed by atoms with Gasteiger partial charge in [-0.1, -0.05) is 11.3 Å². The average molecular weight is 673 g/mol. The van der Waals surface area contributed by atoms with Crippen molar-refractivity contribution in [3.8, 4) is 0 Å². The molecular formula is C23H29F9N6O7. The van der Waals surface area contributed by atoms with E-state index in [4.69, 9.17) is 34.4 Å². The maximum absolute atomic E-state index is 10.6. The molecule has 22 heteroatoms. The summed E-state index contributed by atoms with van der Waals surface area (Å²) >= 11 is 0. The Kier molecular flexibility index (Phi) is 17.0. The van der Waals surface area contributed by atoms with Crippen molar-refractivity contribution in [3.63, 3.8) is 0 Å². The number of aryl methyl sites for hydroxylation is 1. The number of nitrogens with zero attached hydrogens (tertiary/aromatic N) is 6. The van der Waals surface area contributed by atoms with Crippen LogP contribution in [-0.4, -0.2) is 115 Å². The van der Waals surface area contributed by atoms with Gasteiger partial charge in [0.05, 0.1) is 24.6 Å². The van der Waals surface area contributed by atoms with E-state index in [9.17, 15) is 39.5 Å². The van der Waals surface area contributed by atoms with Gasteiger partial charge in [-0.15, -0.1) is 5.10 Å². The standard InChI is InChI=1S/C17H26N6O.3C2HF3O2/c1-21(2)10-11-24-14-16-17-13-22(8-5-9-23(17)20-19-16)12-15-6-3-4-7-18-15;3*3-2(4,5)1(6)7/h3-4,6-7H,5,8-14H2,1-2H3;3*(H,6,7). The maximum Gasteiger partial charge on any atom is 0.490 e. The summed E-state index contributed by atoms with van der Waals surface area (Å²) < 4.78 is 103. The van der Waals surface area contributed by atoms with Crippen molar-refractivity contribution in [2.75, 3.05) is 33.8 Å². The number of aliphatic carboxylic acids is 3. The Morgan fingerprint density at radius 2 is 1.40 bits per heavy atom. The Hall–Kier alpha value is -4.05. The van der Waals surface area contributed by atoms with E-state index in [0.717, 1.165) is 50.5 Å². The van der Waals surface area contributed by atoms with Gasteiger partial charge in [0.25, 0.3) is 0 Å². The van der Waals surface area contributed by atoms with Crippen molar-refractivity contribution in [1.82, 2.24) is 29.8 Å². The highest BCUT2D eigenvalue weighted by atomic mass is 19.4. The van der Waals surface area contributed by atoms with Crippen LogP contribution in [0.25, 0.3) is 0 Å². The summed E-state index contributed by atoms with van der Waals surface area (Å²) in [6.45, 7) is 5.80. The van der Waals surface area contributed by atoms with Gasteiger partial charge >= 0.3 is 36.4 Å². The zero-order chi connectivity index (χ0) is 35.0. The van der Waals surface area contributed by atoms with Crippen molar-refractivity contribution >= 4 is 17.9 Å². The number of alkyl halides is 9. The molecule has 1 aliphatic rings. The number of carboxylic acid groups (broad SMARTS) is 3. The Morgan fingerprint density at radius 1 is 0.889 bits per heavy atom. The number of carboxylic acids is 3. The van der Waals surface area contributed by atoms with Gasteiger partial charge in [0.1, 0.15) is 5.69 Å². The largest absolute Gasteiger partial charge is 0.490 e. The molecule has 0 amide bonds. The minimum Gasteiger partial charge on any atom is -0.475 e. The predicted molar refractivity (Wildman–Crippen MR) is 132 cm³/mol. The van der Waals surface area contributed by atoms with Crippen LogP contribution >= 0.6 is 0 Å². The van der Waals surface area contributed by atoms with Gasteiger partial charge in [0.2, 0.25) is 0 Å². The van der Waals surface area contributed by atoms with Crippen LogP contribution < -0.4 is 0 Å². The summed E-state index contributed by atoms with van der Waals surface area (Å²) in [7, 11) is 4.09. The molecule has 0 aromatic carbocycles. The lowest BCUT2D eigenvalue weighted by atomic mass is 10.2. The second-order valence-corrected chi connectivity index (χ2v) is 8.86. The number of likely N-dealkylation sites (N-methyl/N-ethyl adjacent to an activating group) is 1. The molecule has 3 heterocycles. The first kappa shape index (κ1) is 41.0. The lowest BCUT2D eigenvalue weighted by Crippen LogP contribution is -2.24. The highest BCUT2D eigenvalue weighted by molar-refractivity contribution is 5.73. The van der Waals surface area contributed by atoms with Crippen LogP contribution in [-0.2, 0) is 45.4 Å². The molecule has 3 N–H and O–H groups in total. The van der Waals surface area contributed by atoms with Crippen LogP contribution in [0, 0.1) is 0 Å². The molecule has 3 rings (SSSR count). The third-order valence-electron chi connectivity index (χ3n) is 4.90. The first-order valence-corrected chi connectivity index (χ1v) is 12.2. The summed E-state index contributed by atoms with van der Waals surface area (Å²) in [4.78, 5) is 35.6. The van der Waals surface area contributed by atoms with Gasteiger partial charge < -0.3 is 25.0 Å². The zero-order valence-electron chi connectivity index (χ0n) is 23.5. The molecule has 0 radical (unpaired) electrons. The monoisotopic (exact) mass is 672 g/mol. The van der Waals surface area contributed by atoms with E-state index < -0.39 is 36.4 Å². The molecule has 0 saturated heterocycles. The van der Waals surface area contributed by atoms with E-state index in [0.29, 0.717) is 13.2 Å². The smallest absolute Gasteiger partial charge is 0.475 e. The second kappa shape index (κ2) is 18.7. The fraction of sp³-hybridized carbons (Fsp3) is 0.565. The van der Waals surface area contributed by atoms with E-state index >= 15 is 0 Å². The van der Waals surface area contributed by atoms with Crippen molar-refractivity contribution in [2.24, 2.45) is 0 Å². The molecule has 0 atom stereocenters. The van der Waals surface area contributed by atoms with Crippen LogP contribution in [0.3, 0.4) is 0 Å². The Balaban J connectivity index is 0.000000753. The van der Waals surface area contributed by atoms with Gasteiger partial charge in [-0.3, -0.25) is 9.88 Å². The summed E-state index contributed by atoms with van der Waals surface area (Å²) in [5.74, 6) is -8.27. The van der Waals surface area contributed by atoms with Gasteiger partial charge in [0.15, 0.2) is 0 Å². The summed E-state index contributed by atoms with van der Waals surface area (Å²) in [5, 5.41) is 30.0. The minimum absolute atomic E-state index is 0.528. The molecule has 0 saturated carbocycles. The quantitative estimate of drug-likeness (QED) is 0.291. The zero-order valence-corrected chi connectivity index (χ0v) is 23.5. The lowest BCUT2D eigenvalue weighted by molar-refractivity contribution is -0.193. The number of ether oxygens (including phenoxy) is 1. The van der Waals surface area contributed by atoms with Crippen LogP contribution in [0.2, 0.25) is 0 Å². The molecule has 13 nitrogen and oxygen atoms in total. The van der Waals surface area contributed by atoms with E-state index in [-0.39, 0.29) is 0 Å². The minimum atomic E-state index is -5.08. The Bertz CT molecular complexity index is 1130. The third kappa shape index (κ3) is 18.4. The molecule has 0 fully saturated rings. The van der Waals surface area contributed by atoms with Crippen LogP contribution in [0.5, 0.6) is 0 Å². The van der Waals surface area contributed by atoms with Crippen LogP contribution in [0.4, 0.5) is 39.5 Å². The highest BCUT2D eigenvalue weighted by Gasteiger charge is 2.39. The summed E-state index contributed by atoms with van der Waals surface area (Å²) in [6.07, 6.45) is -12.3. The molecular weight excluding hydrogens is 643 g/mol. The number of hydrogen-bond donors (Lipinski definition) is 3. The van der Waals surface area contributed by atoms with Crippen molar-refractivity contribution in [1.29, 1.82) is 0 Å². The van der Waals surface area contributed by atoms with Gasteiger partial charge in [-0.05, 0) is 32.6 Å². The third-order valence-corrected chi connectivity index (χ3v) is 4.90. The van der Waals surface area contributed by atoms with Gasteiger partial charge in [-0.25, -0.2) is 19.1 Å². The Labute approximate surface area is 248 Å². The van der Waals surface area contributed by atoms with Gasteiger partial charge in [0, 0.05) is 38.9 Å². The fourth-order valence-corrected chi connectivity index (χ4v) is 2.84.